The van der Waals surface area contributed by atoms with Crippen molar-refractivity contribution in [2.24, 2.45) is 11.3 Å². The molecule has 4 nitrogen and oxygen atoms in total. The van der Waals surface area contributed by atoms with Crippen LogP contribution < -0.4 is 16.0 Å². The number of carbonyl (C=O) groups excluding carboxylic acids is 1. The van der Waals surface area contributed by atoms with E-state index in [4.69, 9.17) is 10.6 Å². The second-order valence-corrected chi connectivity index (χ2v) is 4.67. The summed E-state index contributed by atoms with van der Waals surface area (Å²) in [5, 5.41) is 0. The van der Waals surface area contributed by atoms with Crippen molar-refractivity contribution in [2.75, 3.05) is 6.61 Å². The van der Waals surface area contributed by atoms with Gasteiger partial charge >= 0.3 is 6.18 Å². The number of benzene rings is 1. The van der Waals surface area contributed by atoms with Crippen LogP contribution >= 0.6 is 0 Å². The van der Waals surface area contributed by atoms with Crippen molar-refractivity contribution < 1.29 is 22.7 Å². The van der Waals surface area contributed by atoms with Crippen molar-refractivity contribution in [2.45, 2.75) is 20.0 Å². The van der Waals surface area contributed by atoms with Gasteiger partial charge in [0.2, 0.25) is 5.91 Å². The van der Waals surface area contributed by atoms with Crippen LogP contribution in [-0.2, 0) is 11.0 Å². The molecule has 0 aromatic heterocycles. The molecule has 1 rings (SSSR count). The number of hydrazine groups is 1. The van der Waals surface area contributed by atoms with Crippen molar-refractivity contribution in [1.29, 1.82) is 0 Å². The standard InChI is InChI=1S/C12H15F3N2O2/c1-11(2,10(18)17-16)7-19-9-5-3-8(4-6-9)12(13,14)15/h3-6H,7,16H2,1-2H3,(H,17,18). The van der Waals surface area contributed by atoms with Crippen molar-refractivity contribution in [3.05, 3.63) is 29.8 Å². The van der Waals surface area contributed by atoms with Crippen LogP contribution in [0.5, 0.6) is 5.75 Å². The number of hydrogen-bond donors (Lipinski definition) is 2. The molecule has 0 fully saturated rings. The van der Waals surface area contributed by atoms with Gasteiger partial charge in [0.25, 0.3) is 0 Å². The third-order valence-corrected chi connectivity index (χ3v) is 2.53. The molecule has 1 aromatic rings. The topological polar surface area (TPSA) is 64.3 Å². The Labute approximate surface area is 108 Å². The molecule has 0 aliphatic rings. The van der Waals surface area contributed by atoms with E-state index >= 15 is 0 Å². The van der Waals surface area contributed by atoms with E-state index in [2.05, 4.69) is 0 Å². The second-order valence-electron chi connectivity index (χ2n) is 4.67. The molecule has 3 N–H and O–H groups in total. The van der Waals surface area contributed by atoms with E-state index in [0.29, 0.717) is 0 Å². The molecule has 1 amide bonds. The van der Waals surface area contributed by atoms with E-state index in [1.54, 1.807) is 13.8 Å². The van der Waals surface area contributed by atoms with Gasteiger partial charge in [-0.15, -0.1) is 0 Å². The Morgan fingerprint density at radius 3 is 2.21 bits per heavy atom. The molecule has 0 heterocycles. The molecular weight excluding hydrogens is 261 g/mol. The molecule has 106 valence electrons. The van der Waals surface area contributed by atoms with Gasteiger partial charge in [0.1, 0.15) is 12.4 Å². The van der Waals surface area contributed by atoms with Gasteiger partial charge in [0, 0.05) is 0 Å². The minimum Gasteiger partial charge on any atom is -0.492 e. The zero-order chi connectivity index (χ0) is 14.7. The van der Waals surface area contributed by atoms with E-state index < -0.39 is 23.1 Å². The van der Waals surface area contributed by atoms with Crippen LogP contribution in [0, 0.1) is 5.41 Å². The minimum atomic E-state index is -4.38. The highest BCUT2D eigenvalue weighted by atomic mass is 19.4. The van der Waals surface area contributed by atoms with Gasteiger partial charge in [-0.05, 0) is 38.1 Å². The predicted octanol–water partition coefficient (Wildman–Crippen LogP) is 2.10. The zero-order valence-electron chi connectivity index (χ0n) is 10.5. The number of carbonyl (C=O) groups is 1. The Hall–Kier alpha value is -1.76. The molecule has 0 saturated carbocycles. The van der Waals surface area contributed by atoms with Gasteiger partial charge in [-0.3, -0.25) is 10.2 Å². The second kappa shape index (κ2) is 5.48. The van der Waals surface area contributed by atoms with Gasteiger partial charge in [0.15, 0.2) is 0 Å². The number of ether oxygens (including phenoxy) is 1. The van der Waals surface area contributed by atoms with Crippen molar-refractivity contribution in [3.63, 3.8) is 0 Å². The van der Waals surface area contributed by atoms with Gasteiger partial charge in [-0.25, -0.2) is 5.84 Å². The summed E-state index contributed by atoms with van der Waals surface area (Å²) in [6, 6.07) is 4.26. The fourth-order valence-electron chi connectivity index (χ4n) is 1.26. The van der Waals surface area contributed by atoms with Crippen LogP contribution in [0.4, 0.5) is 13.2 Å². The number of nitrogens with one attached hydrogen (secondary N) is 1. The quantitative estimate of drug-likeness (QED) is 0.503. The molecule has 0 aliphatic heterocycles. The number of amides is 1. The first kappa shape index (κ1) is 15.3. The highest BCUT2D eigenvalue weighted by Crippen LogP contribution is 2.30. The zero-order valence-corrected chi connectivity index (χ0v) is 10.5. The number of halogens is 3. The average molecular weight is 276 g/mol. The summed E-state index contributed by atoms with van der Waals surface area (Å²) in [5.74, 6) is 4.85. The smallest absolute Gasteiger partial charge is 0.416 e. The van der Waals surface area contributed by atoms with Gasteiger partial charge in [-0.1, -0.05) is 0 Å². The monoisotopic (exact) mass is 276 g/mol. The highest BCUT2D eigenvalue weighted by molar-refractivity contribution is 5.81. The Kier molecular flexibility index (Phi) is 4.41. The van der Waals surface area contributed by atoms with Crippen LogP contribution in [0.2, 0.25) is 0 Å². The minimum absolute atomic E-state index is 0.00139. The number of hydrogen-bond acceptors (Lipinski definition) is 3. The number of alkyl halides is 3. The largest absolute Gasteiger partial charge is 0.492 e. The van der Waals surface area contributed by atoms with Crippen LogP contribution in [0.1, 0.15) is 19.4 Å². The van der Waals surface area contributed by atoms with E-state index in [0.717, 1.165) is 12.1 Å². The van der Waals surface area contributed by atoms with Crippen LogP contribution in [0.25, 0.3) is 0 Å². The van der Waals surface area contributed by atoms with Crippen molar-refractivity contribution >= 4 is 5.91 Å². The molecule has 0 saturated heterocycles. The molecule has 0 bridgehead atoms. The molecule has 0 atom stereocenters. The summed E-state index contributed by atoms with van der Waals surface area (Å²) in [6.45, 7) is 3.22. The summed E-state index contributed by atoms with van der Waals surface area (Å²) in [5.41, 5.74) is 0.374. The van der Waals surface area contributed by atoms with Crippen molar-refractivity contribution in [1.82, 2.24) is 5.43 Å². The predicted molar refractivity (Wildman–Crippen MR) is 63.1 cm³/mol. The maximum absolute atomic E-state index is 12.3. The van der Waals surface area contributed by atoms with Crippen molar-refractivity contribution in [3.8, 4) is 5.75 Å². The third kappa shape index (κ3) is 4.13. The Morgan fingerprint density at radius 1 is 1.26 bits per heavy atom. The Morgan fingerprint density at radius 2 is 1.79 bits per heavy atom. The Balaban J connectivity index is 2.67. The third-order valence-electron chi connectivity index (χ3n) is 2.53. The lowest BCUT2D eigenvalue weighted by Gasteiger charge is -2.22. The first-order valence-corrected chi connectivity index (χ1v) is 5.48. The van der Waals surface area contributed by atoms with Gasteiger partial charge < -0.3 is 4.74 Å². The van der Waals surface area contributed by atoms with Gasteiger partial charge in [0.05, 0.1) is 11.0 Å². The first-order chi connectivity index (χ1) is 8.66. The SMILES string of the molecule is CC(C)(COc1ccc(C(F)(F)F)cc1)C(=O)NN. The lowest BCUT2D eigenvalue weighted by Crippen LogP contribution is -2.44. The van der Waals surface area contributed by atoms with Crippen LogP contribution in [0.15, 0.2) is 24.3 Å². The van der Waals surface area contributed by atoms with Crippen LogP contribution in [0.3, 0.4) is 0 Å². The summed E-state index contributed by atoms with van der Waals surface area (Å²) >= 11 is 0. The number of rotatable bonds is 4. The van der Waals surface area contributed by atoms with E-state index in [9.17, 15) is 18.0 Å². The molecule has 19 heavy (non-hydrogen) atoms. The van der Waals surface area contributed by atoms with Crippen LogP contribution in [-0.4, -0.2) is 12.5 Å². The molecule has 7 heteroatoms. The fourth-order valence-corrected chi connectivity index (χ4v) is 1.26. The molecule has 0 aliphatic carbocycles. The fraction of sp³-hybridized carbons (Fsp3) is 0.417. The summed E-state index contributed by atoms with van der Waals surface area (Å²) in [4.78, 5) is 11.4. The van der Waals surface area contributed by atoms with Gasteiger partial charge in [-0.2, -0.15) is 13.2 Å². The average Bonchev–Trinajstić information content (AvgIpc) is 2.35. The molecular formula is C12H15F3N2O2. The summed E-state index contributed by atoms with van der Waals surface area (Å²) in [7, 11) is 0. The van der Waals surface area contributed by atoms with E-state index in [1.165, 1.54) is 12.1 Å². The maximum atomic E-state index is 12.3. The molecule has 0 radical (unpaired) electrons. The molecule has 0 spiro atoms. The maximum Gasteiger partial charge on any atom is 0.416 e. The first-order valence-electron chi connectivity index (χ1n) is 5.48. The summed E-state index contributed by atoms with van der Waals surface area (Å²) in [6.07, 6.45) is -4.38. The summed E-state index contributed by atoms with van der Waals surface area (Å²) < 4.78 is 42.3. The lowest BCUT2D eigenvalue weighted by atomic mass is 9.94. The lowest BCUT2D eigenvalue weighted by molar-refractivity contribution is -0.137. The van der Waals surface area contributed by atoms with E-state index in [1.807, 2.05) is 5.43 Å². The Bertz CT molecular complexity index is 441. The molecule has 0 unspecified atom stereocenters. The molecule has 1 aromatic carbocycles. The highest BCUT2D eigenvalue weighted by Gasteiger charge is 2.30. The van der Waals surface area contributed by atoms with E-state index in [-0.39, 0.29) is 12.4 Å². The normalized spacial score (nSPS) is 12.1. The number of nitrogens with two attached hydrogens (primary N) is 1.